The summed E-state index contributed by atoms with van der Waals surface area (Å²) >= 11 is 0. The number of ether oxygens (including phenoxy) is 2. The predicted octanol–water partition coefficient (Wildman–Crippen LogP) is 8.20. The van der Waals surface area contributed by atoms with E-state index in [1.54, 1.807) is 0 Å². The molecule has 2 heteroatoms. The molecule has 0 radical (unpaired) electrons. The van der Waals surface area contributed by atoms with Crippen LogP contribution in [0.25, 0.3) is 22.7 Å². The van der Waals surface area contributed by atoms with Gasteiger partial charge in [-0.1, -0.05) is 121 Å². The van der Waals surface area contributed by atoms with E-state index in [1.807, 2.05) is 62.4 Å². The first-order valence-electron chi connectivity index (χ1n) is 11.8. The van der Waals surface area contributed by atoms with Crippen molar-refractivity contribution >= 4 is 22.7 Å². The number of rotatable bonds is 9. The van der Waals surface area contributed by atoms with Crippen molar-refractivity contribution in [3.63, 3.8) is 0 Å². The van der Waals surface area contributed by atoms with Crippen molar-refractivity contribution in [3.8, 4) is 0 Å². The average Bonchev–Trinajstić information content (AvgIpc) is 2.92. The van der Waals surface area contributed by atoms with Crippen LogP contribution in [0.2, 0.25) is 0 Å². The monoisotopic (exact) mass is 446 g/mol. The molecule has 0 aliphatic heterocycles. The maximum Gasteiger partial charge on any atom is 0.135 e. The van der Waals surface area contributed by atoms with Crippen molar-refractivity contribution in [2.75, 3.05) is 13.2 Å². The molecular formula is C32H30O2. The van der Waals surface area contributed by atoms with E-state index in [4.69, 9.17) is 9.47 Å². The Morgan fingerprint density at radius 3 is 0.941 bits per heavy atom. The molecule has 0 unspecified atom stereocenters. The molecule has 0 bridgehead atoms. The molecule has 0 aliphatic rings. The standard InChI is InChI=1S/C32H30O2/c1-3-33-31(27-21-13-7-14-22-27)29(25-17-9-5-10-18-25)30(26-19-11-6-12-20-26)32(34-4-2)28-23-15-8-16-24-28/h5-24H,3-4H2,1-2H3. The maximum atomic E-state index is 6.40. The molecule has 0 amide bonds. The molecule has 0 aromatic heterocycles. The normalized spacial score (nSPS) is 12.4. The molecule has 4 rings (SSSR count). The lowest BCUT2D eigenvalue weighted by atomic mass is 9.87. The zero-order chi connectivity index (χ0) is 23.6. The molecule has 4 aromatic rings. The Morgan fingerprint density at radius 1 is 0.412 bits per heavy atom. The van der Waals surface area contributed by atoms with Crippen LogP contribution >= 0.6 is 0 Å². The Kier molecular flexibility index (Phi) is 7.97. The van der Waals surface area contributed by atoms with Gasteiger partial charge in [-0.25, -0.2) is 0 Å². The summed E-state index contributed by atoms with van der Waals surface area (Å²) in [4.78, 5) is 0. The van der Waals surface area contributed by atoms with Crippen LogP contribution in [0.5, 0.6) is 0 Å². The van der Waals surface area contributed by atoms with E-state index in [0.717, 1.165) is 44.9 Å². The van der Waals surface area contributed by atoms with Gasteiger partial charge in [-0.3, -0.25) is 0 Å². The number of benzene rings is 4. The second-order valence-corrected chi connectivity index (χ2v) is 7.74. The van der Waals surface area contributed by atoms with Gasteiger partial charge in [0.15, 0.2) is 0 Å². The zero-order valence-electron chi connectivity index (χ0n) is 19.8. The highest BCUT2D eigenvalue weighted by Crippen LogP contribution is 2.42. The Labute approximate surface area is 202 Å². The van der Waals surface area contributed by atoms with Gasteiger partial charge in [0.1, 0.15) is 11.5 Å². The highest BCUT2D eigenvalue weighted by atomic mass is 16.5. The highest BCUT2D eigenvalue weighted by molar-refractivity contribution is 6.19. The first-order chi connectivity index (χ1) is 16.8. The van der Waals surface area contributed by atoms with Gasteiger partial charge in [0.05, 0.1) is 13.2 Å². The minimum atomic E-state index is 0.554. The van der Waals surface area contributed by atoms with Crippen molar-refractivity contribution in [2.24, 2.45) is 0 Å². The van der Waals surface area contributed by atoms with Gasteiger partial charge < -0.3 is 9.47 Å². The van der Waals surface area contributed by atoms with E-state index < -0.39 is 0 Å². The lowest BCUT2D eigenvalue weighted by molar-refractivity contribution is 0.297. The Bertz CT molecular complexity index is 1120. The zero-order valence-corrected chi connectivity index (χ0v) is 19.8. The topological polar surface area (TPSA) is 18.5 Å². The summed E-state index contributed by atoms with van der Waals surface area (Å²) in [5.74, 6) is 1.67. The van der Waals surface area contributed by atoms with Crippen molar-refractivity contribution in [3.05, 3.63) is 144 Å². The summed E-state index contributed by atoms with van der Waals surface area (Å²) in [5.41, 5.74) is 6.21. The predicted molar refractivity (Wildman–Crippen MR) is 143 cm³/mol. The summed E-state index contributed by atoms with van der Waals surface area (Å²) in [6, 6.07) is 41.5. The van der Waals surface area contributed by atoms with Crippen LogP contribution in [0.4, 0.5) is 0 Å². The van der Waals surface area contributed by atoms with Gasteiger partial charge in [-0.15, -0.1) is 0 Å². The molecular weight excluding hydrogens is 416 g/mol. The Morgan fingerprint density at radius 2 is 0.676 bits per heavy atom. The van der Waals surface area contributed by atoms with Crippen LogP contribution in [0, 0.1) is 0 Å². The van der Waals surface area contributed by atoms with Crippen LogP contribution in [-0.4, -0.2) is 13.2 Å². The van der Waals surface area contributed by atoms with Gasteiger partial charge >= 0.3 is 0 Å². The van der Waals surface area contributed by atoms with E-state index in [0.29, 0.717) is 13.2 Å². The van der Waals surface area contributed by atoms with Gasteiger partial charge in [0.2, 0.25) is 0 Å². The highest BCUT2D eigenvalue weighted by Gasteiger charge is 2.24. The molecule has 170 valence electrons. The Hall–Kier alpha value is -4.04. The lowest BCUT2D eigenvalue weighted by Crippen LogP contribution is -2.04. The Balaban J connectivity index is 2.16. The van der Waals surface area contributed by atoms with Crippen molar-refractivity contribution in [1.82, 2.24) is 0 Å². The van der Waals surface area contributed by atoms with Gasteiger partial charge in [-0.2, -0.15) is 0 Å². The molecule has 0 N–H and O–H groups in total. The molecule has 2 nitrogen and oxygen atoms in total. The summed E-state index contributed by atoms with van der Waals surface area (Å²) in [5, 5.41) is 0. The second-order valence-electron chi connectivity index (χ2n) is 7.74. The smallest absolute Gasteiger partial charge is 0.135 e. The van der Waals surface area contributed by atoms with Gasteiger partial charge in [0.25, 0.3) is 0 Å². The molecule has 0 saturated heterocycles. The first kappa shape index (κ1) is 23.1. The van der Waals surface area contributed by atoms with Crippen molar-refractivity contribution in [2.45, 2.75) is 13.8 Å². The minimum absolute atomic E-state index is 0.554. The molecule has 0 heterocycles. The molecule has 0 atom stereocenters. The molecule has 0 aliphatic carbocycles. The number of allylic oxidation sites excluding steroid dienone is 2. The third-order valence-electron chi connectivity index (χ3n) is 5.48. The number of hydrogen-bond acceptors (Lipinski definition) is 2. The summed E-state index contributed by atoms with van der Waals surface area (Å²) in [6.07, 6.45) is 0. The molecule has 0 spiro atoms. The first-order valence-corrected chi connectivity index (χ1v) is 11.8. The van der Waals surface area contributed by atoms with E-state index >= 15 is 0 Å². The van der Waals surface area contributed by atoms with Gasteiger partial charge in [-0.05, 0) is 25.0 Å². The fourth-order valence-corrected chi connectivity index (χ4v) is 4.05. The number of hydrogen-bond donors (Lipinski definition) is 0. The average molecular weight is 447 g/mol. The third kappa shape index (κ3) is 5.29. The SMILES string of the molecule is CCOC(=C(C(=C(OCC)c1ccccc1)c1ccccc1)c1ccccc1)c1ccccc1. The lowest BCUT2D eigenvalue weighted by Gasteiger charge is -2.23. The van der Waals surface area contributed by atoms with Crippen molar-refractivity contribution in [1.29, 1.82) is 0 Å². The van der Waals surface area contributed by atoms with Crippen LogP contribution < -0.4 is 0 Å². The second kappa shape index (κ2) is 11.7. The molecule has 0 fully saturated rings. The largest absolute Gasteiger partial charge is 0.493 e. The quantitative estimate of drug-likeness (QED) is 0.147. The van der Waals surface area contributed by atoms with Crippen LogP contribution in [-0.2, 0) is 9.47 Å². The minimum Gasteiger partial charge on any atom is -0.493 e. The molecule has 4 aromatic carbocycles. The molecule has 34 heavy (non-hydrogen) atoms. The van der Waals surface area contributed by atoms with E-state index in [9.17, 15) is 0 Å². The third-order valence-corrected chi connectivity index (χ3v) is 5.48. The molecule has 0 saturated carbocycles. The maximum absolute atomic E-state index is 6.40. The summed E-state index contributed by atoms with van der Waals surface area (Å²) in [6.45, 7) is 5.16. The summed E-state index contributed by atoms with van der Waals surface area (Å²) in [7, 11) is 0. The van der Waals surface area contributed by atoms with Crippen LogP contribution in [0.15, 0.2) is 121 Å². The van der Waals surface area contributed by atoms with E-state index in [2.05, 4.69) is 72.8 Å². The van der Waals surface area contributed by atoms with E-state index in [1.165, 1.54) is 0 Å². The van der Waals surface area contributed by atoms with E-state index in [-0.39, 0.29) is 0 Å². The fraction of sp³-hybridized carbons (Fsp3) is 0.125. The van der Waals surface area contributed by atoms with Crippen molar-refractivity contribution < 1.29 is 9.47 Å². The van der Waals surface area contributed by atoms with Gasteiger partial charge in [0, 0.05) is 22.3 Å². The van der Waals surface area contributed by atoms with Crippen LogP contribution in [0.3, 0.4) is 0 Å². The van der Waals surface area contributed by atoms with Crippen LogP contribution in [0.1, 0.15) is 36.1 Å². The summed E-state index contributed by atoms with van der Waals surface area (Å²) < 4.78 is 12.8. The fourth-order valence-electron chi connectivity index (χ4n) is 4.05.